The van der Waals surface area contributed by atoms with Gasteiger partial charge in [-0.15, -0.1) is 0 Å². The number of rotatable bonds is 3. The van der Waals surface area contributed by atoms with Crippen LogP contribution in [0.2, 0.25) is 0 Å². The standard InChI is InChI=1S/C13H21NO5S/c1-9-4-2-3-6-13(9,12(16)17)14-11(15)10-5-7-20(18,19)8-10/h9-10H,2-8H2,1H3,(H,14,15)(H,16,17). The third-order valence-electron chi connectivity index (χ3n) is 4.63. The molecule has 0 aromatic rings. The molecule has 2 fully saturated rings. The van der Waals surface area contributed by atoms with E-state index < -0.39 is 33.2 Å². The Bertz CT molecular complexity index is 515. The summed E-state index contributed by atoms with van der Waals surface area (Å²) in [6, 6.07) is 0. The Labute approximate surface area is 118 Å². The lowest BCUT2D eigenvalue weighted by molar-refractivity contribution is -0.152. The van der Waals surface area contributed by atoms with Crippen LogP contribution < -0.4 is 5.32 Å². The lowest BCUT2D eigenvalue weighted by Gasteiger charge is -2.40. The molecule has 3 unspecified atom stereocenters. The number of carbonyl (C=O) groups excluding carboxylic acids is 1. The molecule has 114 valence electrons. The molecule has 1 heterocycles. The molecule has 7 heteroatoms. The highest BCUT2D eigenvalue weighted by Crippen LogP contribution is 2.34. The monoisotopic (exact) mass is 303 g/mol. The average molecular weight is 303 g/mol. The van der Waals surface area contributed by atoms with Crippen LogP contribution in [0, 0.1) is 11.8 Å². The fourth-order valence-electron chi connectivity index (χ4n) is 3.23. The summed E-state index contributed by atoms with van der Waals surface area (Å²) in [7, 11) is -3.14. The van der Waals surface area contributed by atoms with Crippen molar-refractivity contribution in [2.24, 2.45) is 11.8 Å². The number of sulfone groups is 1. The largest absolute Gasteiger partial charge is 0.479 e. The molecular formula is C13H21NO5S. The first-order valence-corrected chi connectivity index (χ1v) is 8.85. The Hall–Kier alpha value is -1.11. The molecule has 2 aliphatic rings. The molecule has 1 saturated carbocycles. The van der Waals surface area contributed by atoms with Crippen molar-refractivity contribution >= 4 is 21.7 Å². The summed E-state index contributed by atoms with van der Waals surface area (Å²) >= 11 is 0. The quantitative estimate of drug-likeness (QED) is 0.794. The molecule has 0 aromatic heterocycles. The maximum atomic E-state index is 12.2. The van der Waals surface area contributed by atoms with Crippen LogP contribution in [-0.2, 0) is 19.4 Å². The van der Waals surface area contributed by atoms with Gasteiger partial charge in [0.05, 0.1) is 17.4 Å². The number of amides is 1. The van der Waals surface area contributed by atoms with Crippen molar-refractivity contribution in [2.45, 2.75) is 44.6 Å². The molecule has 2 rings (SSSR count). The first-order valence-electron chi connectivity index (χ1n) is 7.03. The number of carboxylic acid groups (broad SMARTS) is 1. The summed E-state index contributed by atoms with van der Waals surface area (Å²) in [4.78, 5) is 23.8. The SMILES string of the molecule is CC1CCCCC1(NC(=O)C1CCS(=O)(=O)C1)C(=O)O. The lowest BCUT2D eigenvalue weighted by Crippen LogP contribution is -2.61. The van der Waals surface area contributed by atoms with E-state index in [1.54, 1.807) is 0 Å². The Morgan fingerprint density at radius 3 is 2.45 bits per heavy atom. The molecule has 1 aliphatic carbocycles. The van der Waals surface area contributed by atoms with Crippen molar-refractivity contribution in [3.63, 3.8) is 0 Å². The van der Waals surface area contributed by atoms with Crippen LogP contribution in [0.15, 0.2) is 0 Å². The minimum absolute atomic E-state index is 0.0146. The Morgan fingerprint density at radius 1 is 1.25 bits per heavy atom. The van der Waals surface area contributed by atoms with Gasteiger partial charge in [-0.3, -0.25) is 4.79 Å². The molecule has 6 nitrogen and oxygen atoms in total. The highest BCUT2D eigenvalue weighted by Gasteiger charge is 2.47. The number of hydrogen-bond donors (Lipinski definition) is 2. The average Bonchev–Trinajstić information content (AvgIpc) is 2.72. The van der Waals surface area contributed by atoms with Gasteiger partial charge in [0.2, 0.25) is 5.91 Å². The fourth-order valence-corrected chi connectivity index (χ4v) is 4.97. The topological polar surface area (TPSA) is 101 Å². The van der Waals surface area contributed by atoms with Crippen molar-refractivity contribution in [3.8, 4) is 0 Å². The summed E-state index contributed by atoms with van der Waals surface area (Å²) in [5.74, 6) is -2.34. The number of hydrogen-bond acceptors (Lipinski definition) is 4. The van der Waals surface area contributed by atoms with Gasteiger partial charge in [-0.1, -0.05) is 19.8 Å². The zero-order chi connectivity index (χ0) is 15.0. The summed E-state index contributed by atoms with van der Waals surface area (Å²) in [6.45, 7) is 1.83. The minimum atomic E-state index is -3.14. The second-order valence-corrected chi connectivity index (χ2v) is 8.24. The summed E-state index contributed by atoms with van der Waals surface area (Å²) < 4.78 is 22.8. The van der Waals surface area contributed by atoms with Crippen molar-refractivity contribution in [1.29, 1.82) is 0 Å². The fraction of sp³-hybridized carbons (Fsp3) is 0.846. The maximum Gasteiger partial charge on any atom is 0.329 e. The molecule has 20 heavy (non-hydrogen) atoms. The number of carbonyl (C=O) groups is 2. The first kappa shape index (κ1) is 15.3. The van der Waals surface area contributed by atoms with Crippen molar-refractivity contribution in [3.05, 3.63) is 0 Å². The van der Waals surface area contributed by atoms with E-state index in [0.717, 1.165) is 19.3 Å². The van der Waals surface area contributed by atoms with Gasteiger partial charge in [0.1, 0.15) is 5.54 Å². The molecule has 0 spiro atoms. The van der Waals surface area contributed by atoms with E-state index in [-0.39, 0.29) is 23.8 Å². The highest BCUT2D eigenvalue weighted by atomic mass is 32.2. The number of aliphatic carboxylic acids is 1. The summed E-state index contributed by atoms with van der Waals surface area (Å²) in [5, 5.41) is 12.2. The van der Waals surface area contributed by atoms with Crippen molar-refractivity contribution < 1.29 is 23.1 Å². The molecule has 1 aliphatic heterocycles. The van der Waals surface area contributed by atoms with Crippen molar-refractivity contribution in [1.82, 2.24) is 5.32 Å². The number of carboxylic acids is 1. The normalized spacial score (nSPS) is 36.5. The Kier molecular flexibility index (Phi) is 4.09. The molecule has 0 aromatic carbocycles. The van der Waals surface area contributed by atoms with Gasteiger partial charge >= 0.3 is 5.97 Å². The molecular weight excluding hydrogens is 282 g/mol. The van der Waals surface area contributed by atoms with Crippen LogP contribution in [0.5, 0.6) is 0 Å². The summed E-state index contributed by atoms with van der Waals surface area (Å²) in [6.07, 6.45) is 3.19. The van der Waals surface area contributed by atoms with Gasteiger partial charge in [0.25, 0.3) is 0 Å². The smallest absolute Gasteiger partial charge is 0.329 e. The highest BCUT2D eigenvalue weighted by molar-refractivity contribution is 7.91. The van der Waals surface area contributed by atoms with E-state index in [4.69, 9.17) is 0 Å². The third-order valence-corrected chi connectivity index (χ3v) is 6.40. The van der Waals surface area contributed by atoms with Gasteiger partial charge in [-0.05, 0) is 25.2 Å². The van der Waals surface area contributed by atoms with E-state index in [1.165, 1.54) is 0 Å². The zero-order valence-corrected chi connectivity index (χ0v) is 12.4. The molecule has 3 atom stereocenters. The van der Waals surface area contributed by atoms with E-state index >= 15 is 0 Å². The second-order valence-electron chi connectivity index (χ2n) is 6.01. The Balaban J connectivity index is 2.13. The predicted molar refractivity (Wildman–Crippen MR) is 72.9 cm³/mol. The van der Waals surface area contributed by atoms with Gasteiger partial charge in [0, 0.05) is 0 Å². The molecule has 0 bridgehead atoms. The van der Waals surface area contributed by atoms with E-state index in [2.05, 4.69) is 5.32 Å². The predicted octanol–water partition coefficient (Wildman–Crippen LogP) is 0.571. The van der Waals surface area contributed by atoms with E-state index in [1.807, 2.05) is 6.92 Å². The van der Waals surface area contributed by atoms with Crippen LogP contribution in [0.1, 0.15) is 39.0 Å². The molecule has 2 N–H and O–H groups in total. The molecule has 1 amide bonds. The van der Waals surface area contributed by atoms with Gasteiger partial charge in [-0.25, -0.2) is 13.2 Å². The minimum Gasteiger partial charge on any atom is -0.479 e. The second kappa shape index (κ2) is 5.35. The summed E-state index contributed by atoms with van der Waals surface area (Å²) in [5.41, 5.74) is -1.23. The molecule has 1 saturated heterocycles. The van der Waals surface area contributed by atoms with Crippen LogP contribution in [0.4, 0.5) is 0 Å². The van der Waals surface area contributed by atoms with Crippen LogP contribution in [-0.4, -0.2) is 42.4 Å². The third kappa shape index (κ3) is 2.82. The van der Waals surface area contributed by atoms with Crippen LogP contribution in [0.3, 0.4) is 0 Å². The Morgan fingerprint density at radius 2 is 1.95 bits per heavy atom. The van der Waals surface area contributed by atoms with Gasteiger partial charge < -0.3 is 10.4 Å². The van der Waals surface area contributed by atoms with E-state index in [9.17, 15) is 23.1 Å². The van der Waals surface area contributed by atoms with Crippen LogP contribution in [0.25, 0.3) is 0 Å². The lowest BCUT2D eigenvalue weighted by atomic mass is 9.73. The number of nitrogens with one attached hydrogen (secondary N) is 1. The maximum absolute atomic E-state index is 12.2. The van der Waals surface area contributed by atoms with E-state index in [0.29, 0.717) is 6.42 Å². The zero-order valence-electron chi connectivity index (χ0n) is 11.6. The first-order chi connectivity index (χ1) is 9.27. The van der Waals surface area contributed by atoms with Gasteiger partial charge in [-0.2, -0.15) is 0 Å². The van der Waals surface area contributed by atoms with Gasteiger partial charge in [0.15, 0.2) is 9.84 Å². The van der Waals surface area contributed by atoms with Crippen LogP contribution >= 0.6 is 0 Å². The van der Waals surface area contributed by atoms with Crippen molar-refractivity contribution in [2.75, 3.05) is 11.5 Å². The molecule has 0 radical (unpaired) electrons.